The molecule has 0 radical (unpaired) electrons. The molecule has 0 aliphatic carbocycles. The van der Waals surface area contributed by atoms with E-state index in [1.807, 2.05) is 13.1 Å². The fourth-order valence-corrected chi connectivity index (χ4v) is 1.91. The van der Waals surface area contributed by atoms with E-state index in [2.05, 4.69) is 10.4 Å². The fourth-order valence-electron chi connectivity index (χ4n) is 1.69. The predicted octanol–water partition coefficient (Wildman–Crippen LogP) is 1.86. The van der Waals surface area contributed by atoms with Crippen LogP contribution in [0.1, 0.15) is 15.9 Å². The quantitative estimate of drug-likeness (QED) is 0.839. The lowest BCUT2D eigenvalue weighted by Gasteiger charge is -2.08. The molecule has 0 atom stereocenters. The minimum Gasteiger partial charge on any atom is -0.398 e. The largest absolute Gasteiger partial charge is 0.398 e. The van der Waals surface area contributed by atoms with Gasteiger partial charge in [-0.3, -0.25) is 9.48 Å². The molecule has 0 fully saturated rings. The van der Waals surface area contributed by atoms with Crippen LogP contribution in [0, 0.1) is 6.92 Å². The molecule has 1 heterocycles. The molecule has 5 nitrogen and oxygen atoms in total. The topological polar surface area (TPSA) is 72.9 Å². The monoisotopic (exact) mass is 278 g/mol. The highest BCUT2D eigenvalue weighted by Gasteiger charge is 2.11. The lowest BCUT2D eigenvalue weighted by molar-refractivity contribution is 0.0952. The zero-order valence-electron chi connectivity index (χ0n) is 10.6. The fraction of sp³-hybridized carbons (Fsp3) is 0.231. The smallest absolute Gasteiger partial charge is 0.252 e. The van der Waals surface area contributed by atoms with Crippen LogP contribution in [0.3, 0.4) is 0 Å². The van der Waals surface area contributed by atoms with Gasteiger partial charge in [0.05, 0.1) is 29.0 Å². The molecule has 100 valence electrons. The van der Waals surface area contributed by atoms with E-state index in [-0.39, 0.29) is 10.9 Å². The van der Waals surface area contributed by atoms with Gasteiger partial charge in [-0.05, 0) is 24.6 Å². The normalized spacial score (nSPS) is 10.4. The van der Waals surface area contributed by atoms with Crippen LogP contribution in [0.15, 0.2) is 30.6 Å². The lowest BCUT2D eigenvalue weighted by Crippen LogP contribution is -2.27. The van der Waals surface area contributed by atoms with Gasteiger partial charge >= 0.3 is 0 Å². The number of benzene rings is 1. The summed E-state index contributed by atoms with van der Waals surface area (Å²) in [5.74, 6) is -0.235. The Balaban J connectivity index is 1.93. The van der Waals surface area contributed by atoms with Crippen LogP contribution in [0.2, 0.25) is 5.02 Å². The third kappa shape index (κ3) is 3.26. The third-order valence-corrected chi connectivity index (χ3v) is 3.08. The first kappa shape index (κ1) is 13.4. The van der Waals surface area contributed by atoms with Crippen LogP contribution < -0.4 is 11.1 Å². The number of carbonyl (C=O) groups excluding carboxylic acids is 1. The molecule has 2 rings (SSSR count). The average molecular weight is 279 g/mol. The second kappa shape index (κ2) is 5.75. The van der Waals surface area contributed by atoms with Crippen molar-refractivity contribution in [3.05, 3.63) is 46.7 Å². The molecule has 19 heavy (non-hydrogen) atoms. The zero-order chi connectivity index (χ0) is 13.8. The zero-order valence-corrected chi connectivity index (χ0v) is 11.3. The van der Waals surface area contributed by atoms with Crippen LogP contribution in [-0.2, 0) is 6.54 Å². The van der Waals surface area contributed by atoms with E-state index in [4.69, 9.17) is 17.3 Å². The van der Waals surface area contributed by atoms with Crippen LogP contribution in [0.25, 0.3) is 0 Å². The first-order chi connectivity index (χ1) is 9.08. The maximum atomic E-state index is 11.9. The van der Waals surface area contributed by atoms with Crippen molar-refractivity contribution in [2.45, 2.75) is 13.5 Å². The number of hydrogen-bond donors (Lipinski definition) is 2. The number of amides is 1. The highest BCUT2D eigenvalue weighted by molar-refractivity contribution is 6.36. The van der Waals surface area contributed by atoms with Crippen molar-refractivity contribution >= 4 is 23.2 Å². The number of aryl methyl sites for hydroxylation is 1. The Morgan fingerprint density at radius 3 is 3.00 bits per heavy atom. The van der Waals surface area contributed by atoms with Gasteiger partial charge in [-0.1, -0.05) is 17.7 Å². The van der Waals surface area contributed by atoms with E-state index in [0.29, 0.717) is 24.3 Å². The molecule has 0 bridgehead atoms. The molecular formula is C13H15ClN4O. The van der Waals surface area contributed by atoms with Crippen molar-refractivity contribution < 1.29 is 4.79 Å². The van der Waals surface area contributed by atoms with E-state index in [9.17, 15) is 4.79 Å². The maximum absolute atomic E-state index is 11.9. The first-order valence-electron chi connectivity index (χ1n) is 5.89. The van der Waals surface area contributed by atoms with Gasteiger partial charge in [-0.25, -0.2) is 0 Å². The Labute approximate surface area is 116 Å². The van der Waals surface area contributed by atoms with Gasteiger partial charge in [0.1, 0.15) is 0 Å². The average Bonchev–Trinajstić information content (AvgIpc) is 2.78. The number of nitrogen functional groups attached to an aromatic ring is 1. The number of hydrogen-bond acceptors (Lipinski definition) is 3. The van der Waals surface area contributed by atoms with Gasteiger partial charge in [0.2, 0.25) is 0 Å². The van der Waals surface area contributed by atoms with Crippen molar-refractivity contribution in [1.82, 2.24) is 15.1 Å². The van der Waals surface area contributed by atoms with Crippen LogP contribution >= 0.6 is 11.6 Å². The minimum absolute atomic E-state index is 0.235. The number of nitrogens with zero attached hydrogens (tertiary/aromatic N) is 2. The number of rotatable bonds is 4. The van der Waals surface area contributed by atoms with Crippen LogP contribution in [-0.4, -0.2) is 22.2 Å². The molecule has 1 aromatic carbocycles. The molecule has 2 aromatic rings. The number of nitrogens with two attached hydrogens (primary N) is 1. The van der Waals surface area contributed by atoms with E-state index < -0.39 is 0 Å². The number of halogens is 1. The van der Waals surface area contributed by atoms with Crippen LogP contribution in [0.4, 0.5) is 5.69 Å². The highest BCUT2D eigenvalue weighted by Crippen LogP contribution is 2.22. The van der Waals surface area contributed by atoms with Gasteiger partial charge in [0, 0.05) is 12.7 Å². The van der Waals surface area contributed by atoms with Gasteiger partial charge in [-0.15, -0.1) is 0 Å². The summed E-state index contributed by atoms with van der Waals surface area (Å²) >= 11 is 5.98. The van der Waals surface area contributed by atoms with Gasteiger partial charge < -0.3 is 11.1 Å². The third-order valence-electron chi connectivity index (χ3n) is 2.66. The summed E-state index contributed by atoms with van der Waals surface area (Å²) in [6.45, 7) is 3.05. The Morgan fingerprint density at radius 1 is 1.53 bits per heavy atom. The Kier molecular flexibility index (Phi) is 4.06. The Morgan fingerprint density at radius 2 is 2.32 bits per heavy atom. The van der Waals surface area contributed by atoms with Crippen molar-refractivity contribution in [3.63, 3.8) is 0 Å². The standard InChI is InChI=1S/C13H15ClN4O/c1-9-7-17-18(8-9)6-5-16-13(19)10-3-2-4-11(15)12(10)14/h2-4,7-8H,5-6,15H2,1H3,(H,16,19). The highest BCUT2D eigenvalue weighted by atomic mass is 35.5. The van der Waals surface area contributed by atoms with Gasteiger partial charge in [0.25, 0.3) is 5.91 Å². The summed E-state index contributed by atoms with van der Waals surface area (Å²) in [5.41, 5.74) is 7.53. The second-order valence-corrected chi connectivity index (χ2v) is 4.62. The molecule has 3 N–H and O–H groups in total. The molecular weight excluding hydrogens is 264 g/mol. The minimum atomic E-state index is -0.235. The Bertz CT molecular complexity index is 594. The SMILES string of the molecule is Cc1cnn(CCNC(=O)c2cccc(N)c2Cl)c1. The molecule has 0 unspecified atom stereocenters. The molecule has 0 saturated carbocycles. The summed E-state index contributed by atoms with van der Waals surface area (Å²) < 4.78 is 1.77. The molecule has 0 saturated heterocycles. The first-order valence-corrected chi connectivity index (χ1v) is 6.27. The van der Waals surface area contributed by atoms with Gasteiger partial charge in [-0.2, -0.15) is 5.10 Å². The number of aromatic nitrogens is 2. The van der Waals surface area contributed by atoms with Crippen molar-refractivity contribution in [3.8, 4) is 0 Å². The summed E-state index contributed by atoms with van der Waals surface area (Å²) in [5, 5.41) is 7.21. The van der Waals surface area contributed by atoms with Crippen molar-refractivity contribution in [2.75, 3.05) is 12.3 Å². The molecule has 0 aliphatic heterocycles. The summed E-state index contributed by atoms with van der Waals surface area (Å²) in [7, 11) is 0. The number of nitrogens with one attached hydrogen (secondary N) is 1. The summed E-state index contributed by atoms with van der Waals surface area (Å²) in [6, 6.07) is 5.00. The van der Waals surface area contributed by atoms with Crippen molar-refractivity contribution in [2.24, 2.45) is 0 Å². The molecule has 1 aromatic heterocycles. The van der Waals surface area contributed by atoms with Gasteiger partial charge in [0.15, 0.2) is 0 Å². The van der Waals surface area contributed by atoms with Crippen LogP contribution in [0.5, 0.6) is 0 Å². The molecule has 0 aliphatic rings. The number of anilines is 1. The lowest BCUT2D eigenvalue weighted by atomic mass is 10.2. The maximum Gasteiger partial charge on any atom is 0.252 e. The van der Waals surface area contributed by atoms with E-state index >= 15 is 0 Å². The number of carbonyl (C=O) groups is 1. The van der Waals surface area contributed by atoms with E-state index in [0.717, 1.165) is 5.56 Å². The summed E-state index contributed by atoms with van der Waals surface area (Å²) in [4.78, 5) is 11.9. The van der Waals surface area contributed by atoms with Crippen molar-refractivity contribution in [1.29, 1.82) is 0 Å². The molecule has 1 amide bonds. The van der Waals surface area contributed by atoms with E-state index in [1.54, 1.807) is 29.1 Å². The van der Waals surface area contributed by atoms with E-state index in [1.165, 1.54) is 0 Å². The molecule has 6 heteroatoms. The predicted molar refractivity (Wildman–Crippen MR) is 75.2 cm³/mol. The second-order valence-electron chi connectivity index (χ2n) is 4.25. The summed E-state index contributed by atoms with van der Waals surface area (Å²) in [6.07, 6.45) is 3.69. The Hall–Kier alpha value is -2.01. The molecule has 0 spiro atoms.